The highest BCUT2D eigenvalue weighted by Crippen LogP contribution is 2.48. The second-order valence-corrected chi connectivity index (χ2v) is 8.09. The maximum absolute atomic E-state index is 13.2. The number of fused-ring (bicyclic) bond motifs is 1. The molecule has 152 valence electrons. The van der Waals surface area contributed by atoms with Gasteiger partial charge in [-0.05, 0) is 61.4 Å². The molecule has 0 bridgehead atoms. The molecule has 0 spiro atoms. The number of carbonyl (C=O) groups is 1. The number of aromatic nitrogens is 3. The van der Waals surface area contributed by atoms with E-state index < -0.39 is 5.82 Å². The Bertz CT molecular complexity index is 1070. The lowest BCUT2D eigenvalue weighted by atomic mass is 10.0. The van der Waals surface area contributed by atoms with Crippen LogP contribution in [0.5, 0.6) is 0 Å². The number of nitrogens with zero attached hydrogens (tertiary/aromatic N) is 4. The Morgan fingerprint density at radius 2 is 1.93 bits per heavy atom. The van der Waals surface area contributed by atoms with Gasteiger partial charge in [0.05, 0.1) is 12.4 Å². The number of carbonyl (C=O) groups excluding carboxylic acids is 1. The van der Waals surface area contributed by atoms with Crippen LogP contribution in [0, 0.1) is 24.6 Å². The van der Waals surface area contributed by atoms with Gasteiger partial charge in [0.1, 0.15) is 11.9 Å². The average Bonchev–Trinajstić information content (AvgIpc) is 3.54. The van der Waals surface area contributed by atoms with Crippen molar-refractivity contribution in [3.63, 3.8) is 0 Å². The van der Waals surface area contributed by atoms with Gasteiger partial charge in [-0.3, -0.25) is 4.79 Å². The van der Waals surface area contributed by atoms with Gasteiger partial charge in [-0.25, -0.2) is 19.3 Å². The molecule has 3 atom stereocenters. The molecule has 5 rings (SSSR count). The number of hydrogen-bond donors (Lipinski definition) is 1. The van der Waals surface area contributed by atoms with Crippen LogP contribution in [-0.2, 0) is 4.79 Å². The van der Waals surface area contributed by atoms with Crippen molar-refractivity contribution in [2.45, 2.75) is 25.8 Å². The molecule has 6 nitrogen and oxygen atoms in total. The molecule has 1 amide bonds. The first kappa shape index (κ1) is 18.7. The van der Waals surface area contributed by atoms with E-state index in [1.165, 1.54) is 6.42 Å². The molecule has 1 saturated carbocycles. The number of benzene rings is 1. The molecule has 3 aromatic rings. The Labute approximate surface area is 174 Å². The van der Waals surface area contributed by atoms with Crippen molar-refractivity contribution >= 4 is 17.4 Å². The minimum absolute atomic E-state index is 0.0409. The quantitative estimate of drug-likeness (QED) is 0.717. The van der Waals surface area contributed by atoms with E-state index in [0.717, 1.165) is 42.3 Å². The molecule has 3 unspecified atom stereocenters. The highest BCUT2D eigenvalue weighted by Gasteiger charge is 2.48. The van der Waals surface area contributed by atoms with Crippen LogP contribution in [0.3, 0.4) is 0 Å². The number of aryl methyl sites for hydroxylation is 1. The van der Waals surface area contributed by atoms with Gasteiger partial charge in [0, 0.05) is 24.0 Å². The third-order valence-corrected chi connectivity index (χ3v) is 6.02. The summed E-state index contributed by atoms with van der Waals surface area (Å²) in [5.41, 5.74) is 2.39. The molecule has 2 aromatic heterocycles. The monoisotopic (exact) mass is 403 g/mol. The van der Waals surface area contributed by atoms with Crippen LogP contribution in [0.1, 0.15) is 18.4 Å². The van der Waals surface area contributed by atoms with Crippen LogP contribution in [-0.4, -0.2) is 33.4 Å². The Balaban J connectivity index is 1.39. The number of anilines is 2. The number of amides is 1. The molecule has 3 heterocycles. The standard InChI is InChI=1S/C23H22FN5O/c1-14-5-6-18(10-19(14)22-26-11-17(24)12-27-22)28-23(30)20-9-15-8-16(15)13-29(20)21-4-2-3-7-25-21/h2-7,10-12,15-16,20H,8-9,13H2,1H3,(H,28,30). The first-order valence-electron chi connectivity index (χ1n) is 10.2. The zero-order chi connectivity index (χ0) is 20.7. The number of hydrogen-bond acceptors (Lipinski definition) is 5. The summed E-state index contributed by atoms with van der Waals surface area (Å²) >= 11 is 0. The van der Waals surface area contributed by atoms with Gasteiger partial charge >= 0.3 is 0 Å². The molecule has 1 N–H and O–H groups in total. The van der Waals surface area contributed by atoms with E-state index in [4.69, 9.17) is 0 Å². The van der Waals surface area contributed by atoms with Crippen LogP contribution in [0.2, 0.25) is 0 Å². The highest BCUT2D eigenvalue weighted by molar-refractivity contribution is 5.97. The van der Waals surface area contributed by atoms with Gasteiger partial charge in [0.15, 0.2) is 11.6 Å². The van der Waals surface area contributed by atoms with Crippen molar-refractivity contribution in [3.05, 3.63) is 66.4 Å². The van der Waals surface area contributed by atoms with Gasteiger partial charge in [-0.2, -0.15) is 0 Å². The van der Waals surface area contributed by atoms with Gasteiger partial charge in [-0.15, -0.1) is 0 Å². The summed E-state index contributed by atoms with van der Waals surface area (Å²) in [7, 11) is 0. The van der Waals surface area contributed by atoms with Crippen molar-refractivity contribution in [3.8, 4) is 11.4 Å². The number of halogens is 1. The second kappa shape index (κ2) is 7.48. The number of rotatable bonds is 4. The third kappa shape index (κ3) is 3.63. The molecule has 1 aliphatic carbocycles. The first-order valence-corrected chi connectivity index (χ1v) is 10.2. The van der Waals surface area contributed by atoms with Crippen molar-refractivity contribution in [1.82, 2.24) is 15.0 Å². The molecule has 1 saturated heterocycles. The van der Waals surface area contributed by atoms with Crippen molar-refractivity contribution < 1.29 is 9.18 Å². The lowest BCUT2D eigenvalue weighted by Gasteiger charge is -2.35. The first-order chi connectivity index (χ1) is 14.6. The van der Waals surface area contributed by atoms with Crippen molar-refractivity contribution in [2.24, 2.45) is 11.8 Å². The molecule has 1 aliphatic heterocycles. The van der Waals surface area contributed by atoms with Gasteiger partial charge in [0.25, 0.3) is 0 Å². The summed E-state index contributed by atoms with van der Waals surface area (Å²) in [5.74, 6) is 2.04. The van der Waals surface area contributed by atoms with E-state index in [2.05, 4.69) is 25.2 Å². The molecule has 2 aliphatic rings. The lowest BCUT2D eigenvalue weighted by Crippen LogP contribution is -2.48. The minimum Gasteiger partial charge on any atom is -0.344 e. The molecule has 7 heteroatoms. The normalized spacial score (nSPS) is 22.3. The largest absolute Gasteiger partial charge is 0.344 e. The van der Waals surface area contributed by atoms with Crippen LogP contribution >= 0.6 is 0 Å². The predicted molar refractivity (Wildman–Crippen MR) is 112 cm³/mol. The molecule has 1 aromatic carbocycles. The third-order valence-electron chi connectivity index (χ3n) is 6.02. The highest BCUT2D eigenvalue weighted by atomic mass is 19.1. The second-order valence-electron chi connectivity index (χ2n) is 8.09. The number of piperidine rings is 1. The fraction of sp³-hybridized carbons (Fsp3) is 0.304. The summed E-state index contributed by atoms with van der Waals surface area (Å²) in [4.78, 5) is 28.0. The summed E-state index contributed by atoms with van der Waals surface area (Å²) in [6.45, 7) is 2.80. The summed E-state index contributed by atoms with van der Waals surface area (Å²) < 4.78 is 13.2. The summed E-state index contributed by atoms with van der Waals surface area (Å²) in [6, 6.07) is 11.2. The van der Waals surface area contributed by atoms with Crippen molar-refractivity contribution in [1.29, 1.82) is 0 Å². The molecular formula is C23H22FN5O. The van der Waals surface area contributed by atoms with E-state index in [9.17, 15) is 9.18 Å². The molecule has 0 radical (unpaired) electrons. The predicted octanol–water partition coefficient (Wildman–Crippen LogP) is 3.84. The minimum atomic E-state index is -0.480. The van der Waals surface area contributed by atoms with Crippen molar-refractivity contribution in [2.75, 3.05) is 16.8 Å². The number of nitrogens with one attached hydrogen (secondary N) is 1. The SMILES string of the molecule is Cc1ccc(NC(=O)C2CC3CC3CN2c2ccccn2)cc1-c1ncc(F)cn1. The Morgan fingerprint density at radius 3 is 2.70 bits per heavy atom. The Hall–Kier alpha value is -3.35. The lowest BCUT2D eigenvalue weighted by molar-refractivity contribution is -0.118. The fourth-order valence-electron chi connectivity index (χ4n) is 4.26. The van der Waals surface area contributed by atoms with Gasteiger partial charge in [0.2, 0.25) is 5.91 Å². The summed E-state index contributed by atoms with van der Waals surface area (Å²) in [6.07, 6.45) is 6.08. The van der Waals surface area contributed by atoms with Gasteiger partial charge < -0.3 is 10.2 Å². The zero-order valence-corrected chi connectivity index (χ0v) is 16.6. The Morgan fingerprint density at radius 1 is 1.10 bits per heavy atom. The smallest absolute Gasteiger partial charge is 0.247 e. The molecule has 2 fully saturated rings. The van der Waals surface area contributed by atoms with E-state index in [1.807, 2.05) is 43.3 Å². The van der Waals surface area contributed by atoms with Gasteiger partial charge in [-0.1, -0.05) is 12.1 Å². The van der Waals surface area contributed by atoms with E-state index >= 15 is 0 Å². The zero-order valence-electron chi connectivity index (χ0n) is 16.6. The van der Waals surface area contributed by atoms with Crippen LogP contribution in [0.25, 0.3) is 11.4 Å². The maximum Gasteiger partial charge on any atom is 0.247 e. The molecule has 30 heavy (non-hydrogen) atoms. The fourth-order valence-corrected chi connectivity index (χ4v) is 4.26. The summed E-state index contributed by atoms with van der Waals surface area (Å²) in [5, 5.41) is 3.06. The maximum atomic E-state index is 13.2. The number of pyridine rings is 1. The van der Waals surface area contributed by atoms with Crippen LogP contribution < -0.4 is 10.2 Å². The molecular weight excluding hydrogens is 381 g/mol. The van der Waals surface area contributed by atoms with Crippen LogP contribution in [0.4, 0.5) is 15.9 Å². The van der Waals surface area contributed by atoms with E-state index in [-0.39, 0.29) is 11.9 Å². The van der Waals surface area contributed by atoms with Crippen LogP contribution in [0.15, 0.2) is 55.0 Å². The Kier molecular flexibility index (Phi) is 4.65. The topological polar surface area (TPSA) is 71.0 Å². The van der Waals surface area contributed by atoms with E-state index in [0.29, 0.717) is 23.3 Å². The average molecular weight is 403 g/mol. The van der Waals surface area contributed by atoms with E-state index in [1.54, 1.807) is 6.20 Å².